The van der Waals surface area contributed by atoms with Crippen LogP contribution in [0.25, 0.3) is 0 Å². The summed E-state index contributed by atoms with van der Waals surface area (Å²) in [6.45, 7) is 10.0. The fraction of sp³-hybridized carbons (Fsp3) is 0.727. The van der Waals surface area contributed by atoms with Crippen LogP contribution in [0.1, 0.15) is 69.1 Å². The van der Waals surface area contributed by atoms with Crippen LogP contribution in [-0.4, -0.2) is 67.1 Å². The molecule has 0 bridgehead atoms. The summed E-state index contributed by atoms with van der Waals surface area (Å²) < 4.78 is 10.8. The average molecular weight is 471 g/mol. The first-order chi connectivity index (χ1) is 15.1. The number of nitrogens with one attached hydrogen (secondary N) is 1. The molecule has 1 aromatic heterocycles. The van der Waals surface area contributed by atoms with Crippen molar-refractivity contribution in [2.75, 3.05) is 27.3 Å². The van der Waals surface area contributed by atoms with E-state index in [1.807, 2.05) is 27.7 Å². The molecule has 9 nitrogen and oxygen atoms in total. The molecule has 1 heterocycles. The quantitative estimate of drug-likeness (QED) is 0.424. The van der Waals surface area contributed by atoms with Crippen LogP contribution in [0.4, 0.5) is 0 Å². The van der Waals surface area contributed by atoms with Gasteiger partial charge in [-0.1, -0.05) is 34.1 Å². The van der Waals surface area contributed by atoms with Gasteiger partial charge in [0.05, 0.1) is 12.6 Å². The lowest BCUT2D eigenvalue weighted by molar-refractivity contribution is -0.149. The van der Waals surface area contributed by atoms with Crippen LogP contribution >= 0.6 is 11.3 Å². The monoisotopic (exact) mass is 470 g/mol. The van der Waals surface area contributed by atoms with Crippen molar-refractivity contribution in [3.63, 3.8) is 0 Å². The van der Waals surface area contributed by atoms with Gasteiger partial charge < -0.3 is 25.4 Å². The van der Waals surface area contributed by atoms with Gasteiger partial charge in [-0.3, -0.25) is 14.4 Å². The van der Waals surface area contributed by atoms with Crippen LogP contribution in [0.15, 0.2) is 5.38 Å². The third-order valence-electron chi connectivity index (χ3n) is 5.55. The molecule has 1 aromatic rings. The van der Waals surface area contributed by atoms with E-state index in [2.05, 4.69) is 10.3 Å². The molecule has 0 aliphatic carbocycles. The lowest BCUT2D eigenvalue weighted by Crippen LogP contribution is -2.53. The Hall–Kier alpha value is -2.04. The molecule has 0 fully saturated rings. The first-order valence-electron chi connectivity index (χ1n) is 11.0. The number of rotatable bonds is 13. The molecule has 0 aromatic carbocycles. The van der Waals surface area contributed by atoms with Crippen molar-refractivity contribution in [1.82, 2.24) is 15.2 Å². The predicted octanol–water partition coefficient (Wildman–Crippen LogP) is 2.37. The second-order valence-corrected chi connectivity index (χ2v) is 9.12. The first-order valence-corrected chi connectivity index (χ1v) is 11.8. The summed E-state index contributed by atoms with van der Waals surface area (Å²) in [7, 11) is 3.11. The highest BCUT2D eigenvalue weighted by Gasteiger charge is 2.35. The first kappa shape index (κ1) is 28.0. The van der Waals surface area contributed by atoms with Crippen molar-refractivity contribution in [2.45, 2.75) is 65.6 Å². The highest BCUT2D eigenvalue weighted by Crippen LogP contribution is 2.31. The summed E-state index contributed by atoms with van der Waals surface area (Å²) in [6.07, 6.45) is 0.427. The van der Waals surface area contributed by atoms with Crippen molar-refractivity contribution >= 4 is 29.1 Å². The zero-order valence-electron chi connectivity index (χ0n) is 20.2. The van der Waals surface area contributed by atoms with Crippen molar-refractivity contribution in [2.24, 2.45) is 17.6 Å². The minimum atomic E-state index is -0.694. The third-order valence-corrected chi connectivity index (χ3v) is 6.49. The van der Waals surface area contributed by atoms with Gasteiger partial charge in [0, 0.05) is 45.5 Å². The Morgan fingerprint density at radius 3 is 2.44 bits per heavy atom. The van der Waals surface area contributed by atoms with Gasteiger partial charge in [0.15, 0.2) is 6.10 Å². The summed E-state index contributed by atoms with van der Waals surface area (Å²) >= 11 is 1.25. The third kappa shape index (κ3) is 7.83. The zero-order chi connectivity index (χ0) is 24.4. The fourth-order valence-corrected chi connectivity index (χ4v) is 4.20. The summed E-state index contributed by atoms with van der Waals surface area (Å²) in [6, 6.07) is -0.908. The SMILES string of the molecule is CC[C@H](C)[C@H](N)C(=O)N(CCOC)[C@H](C[C@@H](OC(C)=O)c1nc(C(=O)NC)cs1)C(C)C. The molecule has 0 saturated heterocycles. The second kappa shape index (κ2) is 13.5. The largest absolute Gasteiger partial charge is 0.455 e. The molecule has 182 valence electrons. The molecule has 2 amide bonds. The van der Waals surface area contributed by atoms with Crippen LogP contribution < -0.4 is 11.1 Å². The van der Waals surface area contributed by atoms with E-state index in [4.69, 9.17) is 15.2 Å². The van der Waals surface area contributed by atoms with Crippen molar-refractivity contribution in [3.8, 4) is 0 Å². The number of esters is 1. The van der Waals surface area contributed by atoms with E-state index in [-0.39, 0.29) is 35.4 Å². The van der Waals surface area contributed by atoms with E-state index in [0.717, 1.165) is 6.42 Å². The number of amides is 2. The summed E-state index contributed by atoms with van der Waals surface area (Å²) in [4.78, 5) is 43.2. The number of aromatic nitrogens is 1. The topological polar surface area (TPSA) is 124 Å². The Kier molecular flexibility index (Phi) is 11.8. The van der Waals surface area contributed by atoms with Gasteiger partial charge in [-0.2, -0.15) is 0 Å². The summed E-state index contributed by atoms with van der Waals surface area (Å²) in [5.41, 5.74) is 6.55. The average Bonchev–Trinajstić information content (AvgIpc) is 3.25. The summed E-state index contributed by atoms with van der Waals surface area (Å²) in [5, 5.41) is 4.67. The zero-order valence-corrected chi connectivity index (χ0v) is 21.0. The molecular formula is C22H38N4O5S. The lowest BCUT2D eigenvalue weighted by atomic mass is 9.93. The number of carbonyl (C=O) groups excluding carboxylic acids is 3. The Bertz CT molecular complexity index is 754. The molecule has 0 aliphatic rings. The maximum Gasteiger partial charge on any atom is 0.303 e. The number of carbonyl (C=O) groups is 3. The Balaban J connectivity index is 3.28. The molecule has 0 radical (unpaired) electrons. The lowest BCUT2D eigenvalue weighted by Gasteiger charge is -2.38. The van der Waals surface area contributed by atoms with Crippen LogP contribution in [0.2, 0.25) is 0 Å². The van der Waals surface area contributed by atoms with E-state index >= 15 is 0 Å². The maximum atomic E-state index is 13.3. The number of nitrogens with zero attached hydrogens (tertiary/aromatic N) is 2. The van der Waals surface area contributed by atoms with Crippen LogP contribution in [0.5, 0.6) is 0 Å². The Morgan fingerprint density at radius 2 is 1.94 bits per heavy atom. The molecule has 1 rings (SSSR count). The molecule has 0 spiro atoms. The fourth-order valence-electron chi connectivity index (χ4n) is 3.36. The summed E-state index contributed by atoms with van der Waals surface area (Å²) in [5.74, 6) is -0.844. The molecule has 0 unspecified atom stereocenters. The van der Waals surface area contributed by atoms with Crippen molar-refractivity contribution in [3.05, 3.63) is 16.1 Å². The van der Waals surface area contributed by atoms with E-state index < -0.39 is 18.1 Å². The van der Waals surface area contributed by atoms with E-state index in [9.17, 15) is 14.4 Å². The van der Waals surface area contributed by atoms with Crippen molar-refractivity contribution < 1.29 is 23.9 Å². The number of hydrogen-bond donors (Lipinski definition) is 2. The number of hydrogen-bond acceptors (Lipinski definition) is 8. The van der Waals surface area contributed by atoms with Gasteiger partial charge in [0.25, 0.3) is 5.91 Å². The molecule has 10 heteroatoms. The number of thiazole rings is 1. The van der Waals surface area contributed by atoms with Crippen LogP contribution in [0, 0.1) is 11.8 Å². The van der Waals surface area contributed by atoms with E-state index in [1.165, 1.54) is 25.3 Å². The highest BCUT2D eigenvalue weighted by molar-refractivity contribution is 7.09. The van der Waals surface area contributed by atoms with Gasteiger partial charge in [-0.05, 0) is 11.8 Å². The Labute approximate surface area is 195 Å². The van der Waals surface area contributed by atoms with Gasteiger partial charge >= 0.3 is 5.97 Å². The molecule has 0 saturated carbocycles. The van der Waals surface area contributed by atoms with E-state index in [1.54, 1.807) is 17.4 Å². The molecule has 4 atom stereocenters. The minimum absolute atomic E-state index is 0.0266. The van der Waals surface area contributed by atoms with Crippen LogP contribution in [0.3, 0.4) is 0 Å². The highest BCUT2D eigenvalue weighted by atomic mass is 32.1. The van der Waals surface area contributed by atoms with Crippen molar-refractivity contribution in [1.29, 1.82) is 0 Å². The smallest absolute Gasteiger partial charge is 0.303 e. The molecule has 3 N–H and O–H groups in total. The van der Waals surface area contributed by atoms with Gasteiger partial charge in [-0.25, -0.2) is 4.98 Å². The van der Waals surface area contributed by atoms with Gasteiger partial charge in [0.2, 0.25) is 5.91 Å². The standard InChI is InChI=1S/C22H38N4O5S/c1-8-14(4)19(23)22(29)26(9-10-30-7)17(13(2)3)11-18(31-15(5)27)21-25-16(12-32-21)20(28)24-6/h12-14,17-19H,8-11,23H2,1-7H3,(H,24,28)/t14-,17+,18+,19-/m0/s1. The normalized spacial score (nSPS) is 15.0. The Morgan fingerprint density at radius 1 is 1.28 bits per heavy atom. The maximum absolute atomic E-state index is 13.3. The second-order valence-electron chi connectivity index (χ2n) is 8.23. The molecule has 32 heavy (non-hydrogen) atoms. The molecule has 0 aliphatic heterocycles. The predicted molar refractivity (Wildman–Crippen MR) is 124 cm³/mol. The molecular weight excluding hydrogens is 432 g/mol. The van der Waals surface area contributed by atoms with Gasteiger partial charge in [0.1, 0.15) is 10.7 Å². The van der Waals surface area contributed by atoms with Crippen LogP contribution in [-0.2, 0) is 19.1 Å². The number of methoxy groups -OCH3 is 1. The number of nitrogens with two attached hydrogens (primary N) is 1. The minimum Gasteiger partial charge on any atom is -0.455 e. The van der Waals surface area contributed by atoms with Gasteiger partial charge in [-0.15, -0.1) is 11.3 Å². The van der Waals surface area contributed by atoms with E-state index in [0.29, 0.717) is 24.6 Å². The number of ether oxygens (including phenoxy) is 2.